The summed E-state index contributed by atoms with van der Waals surface area (Å²) in [5, 5.41) is 0. The molecule has 0 spiro atoms. The molecule has 6 heteroatoms. The monoisotopic (exact) mass is 891 g/mol. The number of carbonyl (C=O) groups is 3. The van der Waals surface area contributed by atoms with Gasteiger partial charge in [-0.05, 0) is 96.3 Å². The number of ether oxygens (including phenoxy) is 3. The van der Waals surface area contributed by atoms with Gasteiger partial charge in [0.05, 0.1) is 0 Å². The summed E-state index contributed by atoms with van der Waals surface area (Å²) in [6, 6.07) is 0. The van der Waals surface area contributed by atoms with Crippen LogP contribution >= 0.6 is 0 Å². The molecule has 0 heterocycles. The van der Waals surface area contributed by atoms with Crippen LogP contribution in [0, 0.1) is 0 Å². The average molecular weight is 891 g/mol. The van der Waals surface area contributed by atoms with Crippen LogP contribution in [0.3, 0.4) is 0 Å². The maximum absolute atomic E-state index is 12.8. The number of esters is 3. The third-order valence-corrected chi connectivity index (χ3v) is 11.2. The summed E-state index contributed by atoms with van der Waals surface area (Å²) in [5.41, 5.74) is 0. The zero-order valence-corrected chi connectivity index (χ0v) is 41.8. The largest absolute Gasteiger partial charge is 0.462 e. The van der Waals surface area contributed by atoms with E-state index in [1.165, 1.54) is 109 Å². The van der Waals surface area contributed by atoms with Crippen LogP contribution in [-0.2, 0) is 28.6 Å². The fourth-order valence-electron chi connectivity index (χ4n) is 7.17. The SMILES string of the molecule is CC/C=C\C/C=C\C/C=C\CCCC(=O)OCC(COC(=O)CCCCCCC\C=C/C=C\C=C/CCCCCCC)OC(=O)CCCCCCCCC/C=C\CCCCCCCC. The van der Waals surface area contributed by atoms with Crippen LogP contribution in [0.2, 0.25) is 0 Å². The highest BCUT2D eigenvalue weighted by atomic mass is 16.6. The van der Waals surface area contributed by atoms with Crippen LogP contribution in [0.5, 0.6) is 0 Å². The van der Waals surface area contributed by atoms with Gasteiger partial charge in [-0.2, -0.15) is 0 Å². The Bertz CT molecular complexity index is 1250. The van der Waals surface area contributed by atoms with E-state index in [1.807, 2.05) is 0 Å². The lowest BCUT2D eigenvalue weighted by atomic mass is 10.1. The van der Waals surface area contributed by atoms with Crippen LogP contribution in [0.1, 0.15) is 245 Å². The van der Waals surface area contributed by atoms with E-state index >= 15 is 0 Å². The Morgan fingerprint density at radius 1 is 0.344 bits per heavy atom. The van der Waals surface area contributed by atoms with E-state index in [4.69, 9.17) is 14.2 Å². The maximum Gasteiger partial charge on any atom is 0.306 e. The first-order valence-electron chi connectivity index (χ1n) is 26.6. The predicted octanol–water partition coefficient (Wildman–Crippen LogP) is 17.6. The minimum atomic E-state index is -0.807. The van der Waals surface area contributed by atoms with Crippen LogP contribution < -0.4 is 0 Å². The second-order valence-electron chi connectivity index (χ2n) is 17.5. The van der Waals surface area contributed by atoms with E-state index in [9.17, 15) is 14.4 Å². The van der Waals surface area contributed by atoms with Gasteiger partial charge >= 0.3 is 17.9 Å². The third kappa shape index (κ3) is 49.6. The predicted molar refractivity (Wildman–Crippen MR) is 274 cm³/mol. The molecule has 0 bridgehead atoms. The highest BCUT2D eigenvalue weighted by molar-refractivity contribution is 5.71. The van der Waals surface area contributed by atoms with Crippen molar-refractivity contribution in [1.82, 2.24) is 0 Å². The molecule has 0 aliphatic heterocycles. The van der Waals surface area contributed by atoms with E-state index in [-0.39, 0.29) is 37.5 Å². The van der Waals surface area contributed by atoms with Crippen molar-refractivity contribution in [2.24, 2.45) is 0 Å². The summed E-state index contributed by atoms with van der Waals surface area (Å²) in [7, 11) is 0. The van der Waals surface area contributed by atoms with Crippen LogP contribution in [0.25, 0.3) is 0 Å². The Labute approximate surface area is 395 Å². The standard InChI is InChI=1S/C58H98O6/c1-4-7-10-13-16-19-22-24-26-28-30-31-33-36-39-42-45-48-51-57(60)63-54-55(53-62-56(59)50-47-44-41-38-35-21-18-15-12-9-6-3)64-58(61)52-49-46-43-40-37-34-32-29-27-25-23-20-17-14-11-8-5-2/h9,12,18,21-22,24-28,30-31,38,41,55H,4-8,10-11,13-17,19-20,23,29,32-37,39-40,42-54H2,1-3H3/b12-9-,21-18-,24-22-,27-25-,28-26-,31-30-,41-38-. The van der Waals surface area contributed by atoms with Crippen molar-refractivity contribution >= 4 is 17.9 Å². The van der Waals surface area contributed by atoms with Gasteiger partial charge in [0.15, 0.2) is 6.10 Å². The summed E-state index contributed by atoms with van der Waals surface area (Å²) < 4.78 is 16.7. The summed E-state index contributed by atoms with van der Waals surface area (Å²) in [4.78, 5) is 38.0. The van der Waals surface area contributed by atoms with Crippen molar-refractivity contribution in [2.45, 2.75) is 252 Å². The number of hydrogen-bond acceptors (Lipinski definition) is 6. The van der Waals surface area contributed by atoms with Crippen LogP contribution in [0.15, 0.2) is 85.1 Å². The average Bonchev–Trinajstić information content (AvgIpc) is 3.29. The van der Waals surface area contributed by atoms with Crippen LogP contribution in [-0.4, -0.2) is 37.2 Å². The van der Waals surface area contributed by atoms with Gasteiger partial charge in [0, 0.05) is 19.3 Å². The van der Waals surface area contributed by atoms with Gasteiger partial charge in [0.2, 0.25) is 0 Å². The van der Waals surface area contributed by atoms with Crippen molar-refractivity contribution in [3.05, 3.63) is 85.1 Å². The molecule has 0 aromatic heterocycles. The molecule has 0 aliphatic carbocycles. The maximum atomic E-state index is 12.8. The minimum absolute atomic E-state index is 0.105. The Morgan fingerprint density at radius 3 is 1.16 bits per heavy atom. The molecule has 0 radical (unpaired) electrons. The molecule has 366 valence electrons. The molecule has 0 saturated carbocycles. The molecule has 64 heavy (non-hydrogen) atoms. The highest BCUT2D eigenvalue weighted by Crippen LogP contribution is 2.14. The summed E-state index contributed by atoms with van der Waals surface area (Å²) in [6.45, 7) is 6.43. The second kappa shape index (κ2) is 52.2. The molecule has 0 rings (SSSR count). The first kappa shape index (κ1) is 60.6. The fourth-order valence-corrected chi connectivity index (χ4v) is 7.17. The van der Waals surface area contributed by atoms with Gasteiger partial charge in [-0.15, -0.1) is 0 Å². The molecular weight excluding hydrogens is 793 g/mol. The van der Waals surface area contributed by atoms with Gasteiger partial charge in [-0.3, -0.25) is 14.4 Å². The Balaban J connectivity index is 4.44. The first-order valence-corrected chi connectivity index (χ1v) is 26.6. The van der Waals surface area contributed by atoms with Gasteiger partial charge in [-0.25, -0.2) is 0 Å². The van der Waals surface area contributed by atoms with Crippen LogP contribution in [0.4, 0.5) is 0 Å². The van der Waals surface area contributed by atoms with Crippen molar-refractivity contribution in [3.8, 4) is 0 Å². The number of hydrogen-bond donors (Lipinski definition) is 0. The summed E-state index contributed by atoms with van der Waals surface area (Å²) in [5.74, 6) is -0.983. The first-order chi connectivity index (χ1) is 31.5. The zero-order valence-electron chi connectivity index (χ0n) is 41.8. The zero-order chi connectivity index (χ0) is 46.5. The molecule has 0 fully saturated rings. The molecule has 1 atom stereocenters. The molecular formula is C58H98O6. The van der Waals surface area contributed by atoms with Crippen molar-refractivity contribution in [2.75, 3.05) is 13.2 Å². The van der Waals surface area contributed by atoms with Crippen molar-refractivity contribution in [3.63, 3.8) is 0 Å². The van der Waals surface area contributed by atoms with Gasteiger partial charge in [-0.1, -0.05) is 215 Å². The van der Waals surface area contributed by atoms with E-state index in [0.29, 0.717) is 19.3 Å². The van der Waals surface area contributed by atoms with E-state index in [2.05, 4.69) is 106 Å². The molecule has 0 aliphatic rings. The molecule has 0 saturated heterocycles. The van der Waals surface area contributed by atoms with Gasteiger partial charge in [0.25, 0.3) is 0 Å². The molecule has 0 aromatic carbocycles. The lowest BCUT2D eigenvalue weighted by Gasteiger charge is -2.18. The highest BCUT2D eigenvalue weighted by Gasteiger charge is 2.19. The lowest BCUT2D eigenvalue weighted by molar-refractivity contribution is -0.167. The topological polar surface area (TPSA) is 78.9 Å². The second-order valence-corrected chi connectivity index (χ2v) is 17.5. The Morgan fingerprint density at radius 2 is 0.688 bits per heavy atom. The normalized spacial score (nSPS) is 12.7. The lowest BCUT2D eigenvalue weighted by Crippen LogP contribution is -2.30. The van der Waals surface area contributed by atoms with Crippen molar-refractivity contribution in [1.29, 1.82) is 0 Å². The Kier molecular flexibility index (Phi) is 49.4. The van der Waals surface area contributed by atoms with Gasteiger partial charge < -0.3 is 14.2 Å². The third-order valence-electron chi connectivity index (χ3n) is 11.2. The quantitative estimate of drug-likeness (QED) is 0.0199. The van der Waals surface area contributed by atoms with Crippen molar-refractivity contribution < 1.29 is 28.6 Å². The number of unbranched alkanes of at least 4 members (excludes halogenated alkanes) is 24. The van der Waals surface area contributed by atoms with E-state index in [0.717, 1.165) is 89.9 Å². The number of carbonyl (C=O) groups excluding carboxylic acids is 3. The molecule has 0 amide bonds. The number of rotatable bonds is 47. The van der Waals surface area contributed by atoms with Gasteiger partial charge in [0.1, 0.15) is 13.2 Å². The summed E-state index contributed by atoms with van der Waals surface area (Å²) in [6.07, 6.45) is 67.2. The molecule has 6 nitrogen and oxygen atoms in total. The summed E-state index contributed by atoms with van der Waals surface area (Å²) >= 11 is 0. The van der Waals surface area contributed by atoms with E-state index < -0.39 is 6.10 Å². The molecule has 0 aromatic rings. The number of allylic oxidation sites excluding steroid dienone is 14. The smallest absolute Gasteiger partial charge is 0.306 e. The fraction of sp³-hybridized carbons (Fsp3) is 0.707. The molecule has 1 unspecified atom stereocenters. The Hall–Kier alpha value is -3.41. The molecule has 0 N–H and O–H groups in total. The van der Waals surface area contributed by atoms with E-state index in [1.54, 1.807) is 0 Å². The minimum Gasteiger partial charge on any atom is -0.462 e.